The molecule has 1 aromatic heterocycles. The number of likely N-dealkylation sites (tertiary alicyclic amines) is 1. The van der Waals surface area contributed by atoms with Gasteiger partial charge in [0.25, 0.3) is 0 Å². The molecule has 0 bridgehead atoms. The number of nitrogens with zero attached hydrogens (tertiary/aromatic N) is 3. The van der Waals surface area contributed by atoms with Gasteiger partial charge in [-0.25, -0.2) is 0 Å². The third-order valence-electron chi connectivity index (χ3n) is 5.01. The Kier molecular flexibility index (Phi) is 5.60. The van der Waals surface area contributed by atoms with Gasteiger partial charge in [0.15, 0.2) is 0 Å². The minimum absolute atomic E-state index is 0.0355. The average Bonchev–Trinajstić information content (AvgIpc) is 3.30. The number of hydrogen-bond donors (Lipinski definition) is 1. The van der Waals surface area contributed by atoms with Crippen molar-refractivity contribution < 1.29 is 14.1 Å². The van der Waals surface area contributed by atoms with E-state index in [0.717, 1.165) is 11.3 Å². The lowest BCUT2D eigenvalue weighted by Crippen LogP contribution is -2.45. The molecule has 2 heterocycles. The van der Waals surface area contributed by atoms with E-state index in [0.29, 0.717) is 38.2 Å². The molecule has 0 spiro atoms. The number of rotatable bonds is 6. The van der Waals surface area contributed by atoms with E-state index in [9.17, 15) is 9.59 Å². The standard InChI is InChI=1S/C20H26N4O3/c1-21-19(26)20(9-10-24(14-20)18(25)13-23(2)3)12-16-11-17(22-27-16)15-7-5-4-6-8-15/h4-8,11H,9-10,12-14H2,1-3H3,(H,21,26)/t20-/m1/s1. The van der Waals surface area contributed by atoms with Crippen LogP contribution in [-0.4, -0.2) is 67.5 Å². The van der Waals surface area contributed by atoms with Crippen molar-refractivity contribution in [1.82, 2.24) is 20.3 Å². The second-order valence-corrected chi connectivity index (χ2v) is 7.38. The summed E-state index contributed by atoms with van der Waals surface area (Å²) >= 11 is 0. The summed E-state index contributed by atoms with van der Waals surface area (Å²) in [7, 11) is 5.35. The van der Waals surface area contributed by atoms with Gasteiger partial charge in [0.05, 0.1) is 12.0 Å². The van der Waals surface area contributed by atoms with E-state index >= 15 is 0 Å². The van der Waals surface area contributed by atoms with Crippen molar-refractivity contribution in [2.45, 2.75) is 12.8 Å². The lowest BCUT2D eigenvalue weighted by molar-refractivity contribution is -0.133. The molecule has 27 heavy (non-hydrogen) atoms. The Morgan fingerprint density at radius 3 is 2.70 bits per heavy atom. The first-order chi connectivity index (χ1) is 12.9. The molecule has 7 heteroatoms. The number of aromatic nitrogens is 1. The highest BCUT2D eigenvalue weighted by atomic mass is 16.5. The summed E-state index contributed by atoms with van der Waals surface area (Å²) in [5.74, 6) is 0.619. The molecule has 1 atom stereocenters. The highest BCUT2D eigenvalue weighted by Gasteiger charge is 2.46. The molecule has 1 fully saturated rings. The number of benzene rings is 1. The Bertz CT molecular complexity index is 803. The van der Waals surface area contributed by atoms with Gasteiger partial charge in [-0.15, -0.1) is 0 Å². The van der Waals surface area contributed by atoms with Gasteiger partial charge in [0.2, 0.25) is 11.8 Å². The predicted octanol–water partition coefficient (Wildman–Crippen LogP) is 1.41. The molecule has 2 amide bonds. The van der Waals surface area contributed by atoms with Crippen LogP contribution < -0.4 is 5.32 Å². The fourth-order valence-corrected chi connectivity index (χ4v) is 3.61. The van der Waals surface area contributed by atoms with E-state index in [2.05, 4.69) is 10.5 Å². The first-order valence-electron chi connectivity index (χ1n) is 9.09. The SMILES string of the molecule is CNC(=O)[C@@]1(Cc2cc(-c3ccccc3)no2)CCN(C(=O)CN(C)C)C1. The third-order valence-corrected chi connectivity index (χ3v) is 5.01. The Morgan fingerprint density at radius 1 is 1.30 bits per heavy atom. The number of carbonyl (C=O) groups is 2. The molecular weight excluding hydrogens is 344 g/mol. The third kappa shape index (κ3) is 4.19. The molecule has 0 saturated carbocycles. The smallest absolute Gasteiger partial charge is 0.236 e. The molecule has 1 saturated heterocycles. The average molecular weight is 370 g/mol. The van der Waals surface area contributed by atoms with Crippen molar-refractivity contribution in [3.8, 4) is 11.3 Å². The number of hydrogen-bond acceptors (Lipinski definition) is 5. The maximum absolute atomic E-state index is 12.7. The predicted molar refractivity (Wildman–Crippen MR) is 102 cm³/mol. The van der Waals surface area contributed by atoms with Gasteiger partial charge in [-0.2, -0.15) is 0 Å². The lowest BCUT2D eigenvalue weighted by Gasteiger charge is -2.26. The minimum atomic E-state index is -0.690. The van der Waals surface area contributed by atoms with E-state index in [4.69, 9.17) is 4.52 Å². The number of amides is 2. The second-order valence-electron chi connectivity index (χ2n) is 7.38. The van der Waals surface area contributed by atoms with Gasteiger partial charge in [0.1, 0.15) is 11.5 Å². The summed E-state index contributed by atoms with van der Waals surface area (Å²) in [5, 5.41) is 6.90. The molecule has 1 aromatic carbocycles. The Hall–Kier alpha value is -2.67. The van der Waals surface area contributed by atoms with Crippen molar-refractivity contribution in [3.63, 3.8) is 0 Å². The number of likely N-dealkylation sites (N-methyl/N-ethyl adjacent to an activating group) is 1. The molecule has 3 rings (SSSR count). The highest BCUT2D eigenvalue weighted by Crippen LogP contribution is 2.35. The van der Waals surface area contributed by atoms with E-state index in [-0.39, 0.29) is 11.8 Å². The Balaban J connectivity index is 1.78. The van der Waals surface area contributed by atoms with Gasteiger partial charge in [-0.1, -0.05) is 35.5 Å². The fourth-order valence-electron chi connectivity index (χ4n) is 3.61. The van der Waals surface area contributed by atoms with Gasteiger partial charge in [0, 0.05) is 38.2 Å². The normalized spacial score (nSPS) is 19.5. The van der Waals surface area contributed by atoms with Gasteiger partial charge in [-0.3, -0.25) is 9.59 Å². The molecule has 1 aliphatic heterocycles. The molecule has 0 aliphatic carbocycles. The van der Waals surface area contributed by atoms with Crippen LogP contribution in [-0.2, 0) is 16.0 Å². The Labute approximate surface area is 159 Å². The summed E-state index contributed by atoms with van der Waals surface area (Å²) in [6.07, 6.45) is 1.02. The van der Waals surface area contributed by atoms with Crippen LogP contribution in [0.5, 0.6) is 0 Å². The van der Waals surface area contributed by atoms with Crippen molar-refractivity contribution in [3.05, 3.63) is 42.2 Å². The van der Waals surface area contributed by atoms with Crippen LogP contribution in [0.3, 0.4) is 0 Å². The maximum Gasteiger partial charge on any atom is 0.236 e. The molecule has 2 aromatic rings. The van der Waals surface area contributed by atoms with Crippen LogP contribution in [0.4, 0.5) is 0 Å². The van der Waals surface area contributed by atoms with Crippen LogP contribution in [0.2, 0.25) is 0 Å². The quantitative estimate of drug-likeness (QED) is 0.832. The van der Waals surface area contributed by atoms with Crippen molar-refractivity contribution in [1.29, 1.82) is 0 Å². The van der Waals surface area contributed by atoms with E-state index in [1.165, 1.54) is 0 Å². The van der Waals surface area contributed by atoms with E-state index in [1.807, 2.05) is 55.4 Å². The van der Waals surface area contributed by atoms with Crippen molar-refractivity contribution in [2.75, 3.05) is 40.8 Å². The molecule has 144 valence electrons. The van der Waals surface area contributed by atoms with E-state index in [1.54, 1.807) is 11.9 Å². The topological polar surface area (TPSA) is 78.7 Å². The zero-order chi connectivity index (χ0) is 19.4. The summed E-state index contributed by atoms with van der Waals surface area (Å²) in [4.78, 5) is 28.7. The van der Waals surface area contributed by atoms with Crippen LogP contribution in [0.15, 0.2) is 40.9 Å². The minimum Gasteiger partial charge on any atom is -0.361 e. The van der Waals surface area contributed by atoms with Gasteiger partial charge >= 0.3 is 0 Å². The second kappa shape index (κ2) is 7.92. The molecule has 1 aliphatic rings. The number of carbonyl (C=O) groups excluding carboxylic acids is 2. The summed E-state index contributed by atoms with van der Waals surface area (Å²) < 4.78 is 5.52. The molecule has 0 unspecified atom stereocenters. The Morgan fingerprint density at radius 2 is 2.04 bits per heavy atom. The zero-order valence-corrected chi connectivity index (χ0v) is 16.1. The zero-order valence-electron chi connectivity index (χ0n) is 16.1. The highest BCUT2D eigenvalue weighted by molar-refractivity contribution is 5.86. The monoisotopic (exact) mass is 370 g/mol. The van der Waals surface area contributed by atoms with Gasteiger partial charge in [-0.05, 0) is 20.5 Å². The van der Waals surface area contributed by atoms with Crippen LogP contribution in [0, 0.1) is 5.41 Å². The lowest BCUT2D eigenvalue weighted by atomic mass is 9.81. The summed E-state index contributed by atoms with van der Waals surface area (Å²) in [5.41, 5.74) is 1.02. The van der Waals surface area contributed by atoms with Crippen LogP contribution in [0.1, 0.15) is 12.2 Å². The van der Waals surface area contributed by atoms with Crippen LogP contribution in [0.25, 0.3) is 11.3 Å². The first kappa shape index (κ1) is 19.1. The molecule has 0 radical (unpaired) electrons. The first-order valence-corrected chi connectivity index (χ1v) is 9.09. The summed E-state index contributed by atoms with van der Waals surface area (Å²) in [6.45, 7) is 1.30. The maximum atomic E-state index is 12.7. The van der Waals surface area contributed by atoms with Gasteiger partial charge < -0.3 is 19.6 Å². The number of nitrogens with one attached hydrogen (secondary N) is 1. The fraction of sp³-hybridized carbons (Fsp3) is 0.450. The molecular formula is C20H26N4O3. The molecule has 1 N–H and O–H groups in total. The summed E-state index contributed by atoms with van der Waals surface area (Å²) in [6, 6.07) is 11.6. The van der Waals surface area contributed by atoms with Crippen molar-refractivity contribution >= 4 is 11.8 Å². The van der Waals surface area contributed by atoms with Crippen molar-refractivity contribution in [2.24, 2.45) is 5.41 Å². The van der Waals surface area contributed by atoms with E-state index < -0.39 is 5.41 Å². The van der Waals surface area contributed by atoms with Crippen LogP contribution >= 0.6 is 0 Å². The molecule has 7 nitrogen and oxygen atoms in total. The largest absolute Gasteiger partial charge is 0.361 e.